The Morgan fingerprint density at radius 1 is 1.40 bits per heavy atom. The summed E-state index contributed by atoms with van der Waals surface area (Å²) < 4.78 is 0. The van der Waals surface area contributed by atoms with Crippen molar-refractivity contribution in [1.29, 1.82) is 0 Å². The van der Waals surface area contributed by atoms with Gasteiger partial charge in [0.1, 0.15) is 11.9 Å². The first-order valence-electron chi connectivity index (χ1n) is 4.31. The summed E-state index contributed by atoms with van der Waals surface area (Å²) in [5.41, 5.74) is 0.224. The van der Waals surface area contributed by atoms with E-state index >= 15 is 0 Å². The van der Waals surface area contributed by atoms with E-state index in [2.05, 4.69) is 15.9 Å². The molecule has 0 aromatic heterocycles. The van der Waals surface area contributed by atoms with Crippen LogP contribution in [0.5, 0.6) is 5.75 Å². The summed E-state index contributed by atoms with van der Waals surface area (Å²) in [5, 5.41) is 28.6. The van der Waals surface area contributed by atoms with Crippen molar-refractivity contribution in [3.05, 3.63) is 29.3 Å². The molecule has 15 heavy (non-hydrogen) atoms. The second kappa shape index (κ2) is 5.25. The molecule has 0 aliphatic heterocycles. The van der Waals surface area contributed by atoms with Crippen LogP contribution in [0.25, 0.3) is 0 Å². The number of carbonyl (C=O) groups is 1. The van der Waals surface area contributed by atoms with Crippen LogP contribution in [0.2, 0.25) is 0 Å². The molecule has 5 heteroatoms. The van der Waals surface area contributed by atoms with E-state index in [1.807, 2.05) is 0 Å². The predicted octanol–water partition coefficient (Wildman–Crippen LogP) is 0.994. The average molecular weight is 275 g/mol. The third-order valence-corrected chi connectivity index (χ3v) is 2.74. The zero-order valence-electron chi connectivity index (χ0n) is 7.80. The molecule has 0 saturated heterocycles. The number of phenols is 1. The Morgan fingerprint density at radius 3 is 2.60 bits per heavy atom. The number of alkyl halides is 1. The normalized spacial score (nSPS) is 14.6. The quantitative estimate of drug-likeness (QED) is 0.565. The van der Waals surface area contributed by atoms with Crippen LogP contribution in [-0.2, 0) is 0 Å². The van der Waals surface area contributed by atoms with E-state index in [0.29, 0.717) is 6.29 Å². The smallest absolute Gasteiger partial charge is 0.154 e. The number of halogens is 1. The van der Waals surface area contributed by atoms with Crippen molar-refractivity contribution in [3.8, 4) is 5.75 Å². The zero-order chi connectivity index (χ0) is 11.4. The van der Waals surface area contributed by atoms with Crippen LogP contribution in [0.1, 0.15) is 22.0 Å². The van der Waals surface area contributed by atoms with E-state index in [0.717, 1.165) is 0 Å². The largest absolute Gasteiger partial charge is 0.507 e. The lowest BCUT2D eigenvalue weighted by Crippen LogP contribution is -2.20. The number of aliphatic hydroxyl groups excluding tert-OH is 2. The molecule has 0 aliphatic rings. The van der Waals surface area contributed by atoms with Crippen molar-refractivity contribution in [2.75, 3.05) is 5.33 Å². The van der Waals surface area contributed by atoms with Crippen molar-refractivity contribution in [2.24, 2.45) is 0 Å². The van der Waals surface area contributed by atoms with Gasteiger partial charge in [-0.3, -0.25) is 4.79 Å². The molecule has 0 radical (unpaired) electrons. The monoisotopic (exact) mass is 274 g/mol. The van der Waals surface area contributed by atoms with Crippen molar-refractivity contribution in [2.45, 2.75) is 12.2 Å². The van der Waals surface area contributed by atoms with Gasteiger partial charge in [0.15, 0.2) is 6.29 Å². The van der Waals surface area contributed by atoms with Gasteiger partial charge in [-0.1, -0.05) is 28.1 Å². The SMILES string of the molecule is O=Cc1c(O)cccc1C(O)C(O)CBr. The summed E-state index contributed by atoms with van der Waals surface area (Å²) in [6.45, 7) is 0. The van der Waals surface area contributed by atoms with Gasteiger partial charge < -0.3 is 15.3 Å². The second-order valence-corrected chi connectivity index (χ2v) is 3.71. The Balaban J connectivity index is 3.13. The van der Waals surface area contributed by atoms with Gasteiger partial charge in [0, 0.05) is 5.33 Å². The predicted molar refractivity (Wildman–Crippen MR) is 58.3 cm³/mol. The highest BCUT2D eigenvalue weighted by molar-refractivity contribution is 9.09. The number of carbonyl (C=O) groups excluding carboxylic acids is 1. The highest BCUT2D eigenvalue weighted by atomic mass is 79.9. The maximum atomic E-state index is 10.7. The van der Waals surface area contributed by atoms with Gasteiger partial charge in [0.25, 0.3) is 0 Å². The molecule has 2 atom stereocenters. The second-order valence-electron chi connectivity index (χ2n) is 3.06. The maximum absolute atomic E-state index is 10.7. The van der Waals surface area contributed by atoms with E-state index in [1.165, 1.54) is 18.2 Å². The molecule has 2 unspecified atom stereocenters. The minimum atomic E-state index is -1.20. The number of aromatic hydroxyl groups is 1. The standard InChI is InChI=1S/C10H11BrO4/c11-4-9(14)10(15)6-2-1-3-8(13)7(6)5-12/h1-3,5,9-10,13-15H,4H2. The lowest BCUT2D eigenvalue weighted by Gasteiger charge is -2.17. The average Bonchev–Trinajstić information content (AvgIpc) is 2.26. The lowest BCUT2D eigenvalue weighted by atomic mass is 9.99. The number of phenolic OH excluding ortho intramolecular Hbond substituents is 1. The molecule has 0 amide bonds. The fourth-order valence-corrected chi connectivity index (χ4v) is 1.60. The molecule has 1 rings (SSSR count). The molecule has 0 spiro atoms. The van der Waals surface area contributed by atoms with Crippen molar-refractivity contribution >= 4 is 22.2 Å². The van der Waals surface area contributed by atoms with Gasteiger partial charge >= 0.3 is 0 Å². The van der Waals surface area contributed by atoms with Crippen molar-refractivity contribution in [1.82, 2.24) is 0 Å². The molecule has 0 aliphatic carbocycles. The number of hydrogen-bond donors (Lipinski definition) is 3. The van der Waals surface area contributed by atoms with Gasteiger partial charge in [0.2, 0.25) is 0 Å². The molecule has 0 saturated carbocycles. The summed E-state index contributed by atoms with van der Waals surface area (Å²) in [6.07, 6.45) is -1.77. The van der Waals surface area contributed by atoms with Gasteiger partial charge in [-0.05, 0) is 11.6 Å². The minimum absolute atomic E-state index is 0.00463. The minimum Gasteiger partial charge on any atom is -0.507 e. The lowest BCUT2D eigenvalue weighted by molar-refractivity contribution is 0.0337. The number of rotatable bonds is 4. The molecular formula is C10H11BrO4. The Bertz CT molecular complexity index is 353. The number of aldehydes is 1. The first-order chi connectivity index (χ1) is 7.11. The van der Waals surface area contributed by atoms with E-state index < -0.39 is 12.2 Å². The summed E-state index contributed by atoms with van der Waals surface area (Å²) in [4.78, 5) is 10.7. The molecule has 4 nitrogen and oxygen atoms in total. The molecule has 1 aromatic carbocycles. The molecule has 3 N–H and O–H groups in total. The van der Waals surface area contributed by atoms with E-state index in [-0.39, 0.29) is 22.2 Å². The zero-order valence-corrected chi connectivity index (χ0v) is 9.39. The number of benzene rings is 1. The van der Waals surface area contributed by atoms with Crippen molar-refractivity contribution in [3.63, 3.8) is 0 Å². The van der Waals surface area contributed by atoms with Gasteiger partial charge in [-0.25, -0.2) is 0 Å². The highest BCUT2D eigenvalue weighted by Crippen LogP contribution is 2.26. The van der Waals surface area contributed by atoms with Crippen LogP contribution in [0.4, 0.5) is 0 Å². The van der Waals surface area contributed by atoms with E-state index in [9.17, 15) is 20.1 Å². The van der Waals surface area contributed by atoms with Gasteiger partial charge in [0.05, 0.1) is 11.7 Å². The van der Waals surface area contributed by atoms with Crippen molar-refractivity contribution < 1.29 is 20.1 Å². The van der Waals surface area contributed by atoms with Gasteiger partial charge in [-0.2, -0.15) is 0 Å². The third-order valence-electron chi connectivity index (χ3n) is 2.08. The molecule has 0 fully saturated rings. The summed E-state index contributed by atoms with van der Waals surface area (Å²) in [7, 11) is 0. The summed E-state index contributed by atoms with van der Waals surface area (Å²) in [6, 6.07) is 4.34. The molecular weight excluding hydrogens is 264 g/mol. The topological polar surface area (TPSA) is 77.8 Å². The van der Waals surface area contributed by atoms with E-state index in [1.54, 1.807) is 0 Å². The maximum Gasteiger partial charge on any atom is 0.154 e. The van der Waals surface area contributed by atoms with Crippen LogP contribution in [-0.4, -0.2) is 33.0 Å². The van der Waals surface area contributed by atoms with Crippen LogP contribution in [0.15, 0.2) is 18.2 Å². The number of aliphatic hydroxyl groups is 2. The van der Waals surface area contributed by atoms with Crippen LogP contribution in [0, 0.1) is 0 Å². The molecule has 82 valence electrons. The first-order valence-corrected chi connectivity index (χ1v) is 5.43. The Hall–Kier alpha value is -0.910. The number of hydrogen-bond acceptors (Lipinski definition) is 4. The summed E-state index contributed by atoms with van der Waals surface area (Å²) >= 11 is 3.02. The molecule has 1 aromatic rings. The fraction of sp³-hybridized carbons (Fsp3) is 0.300. The fourth-order valence-electron chi connectivity index (χ4n) is 1.25. The van der Waals surface area contributed by atoms with Crippen LogP contribution < -0.4 is 0 Å². The van der Waals surface area contributed by atoms with E-state index in [4.69, 9.17) is 0 Å². The highest BCUT2D eigenvalue weighted by Gasteiger charge is 2.21. The Morgan fingerprint density at radius 2 is 2.07 bits per heavy atom. The van der Waals surface area contributed by atoms with Crippen LogP contribution in [0.3, 0.4) is 0 Å². The molecule has 0 bridgehead atoms. The third kappa shape index (κ3) is 2.56. The Kier molecular flexibility index (Phi) is 4.26. The van der Waals surface area contributed by atoms with Crippen LogP contribution >= 0.6 is 15.9 Å². The Labute approximate surface area is 95.3 Å². The molecule has 0 heterocycles. The summed E-state index contributed by atoms with van der Waals surface area (Å²) in [5.74, 6) is -0.205. The van der Waals surface area contributed by atoms with Gasteiger partial charge in [-0.15, -0.1) is 0 Å². The first kappa shape index (κ1) is 12.2.